The zero-order valence-electron chi connectivity index (χ0n) is 14.9. The maximum Gasteiger partial charge on any atom is 0.251 e. The molecule has 2 heterocycles. The van der Waals surface area contributed by atoms with Gasteiger partial charge in [0.25, 0.3) is 5.56 Å². The second-order valence-corrected chi connectivity index (χ2v) is 8.29. The van der Waals surface area contributed by atoms with Gasteiger partial charge in [0.2, 0.25) is 5.91 Å². The first-order chi connectivity index (χ1) is 12.7. The van der Waals surface area contributed by atoms with E-state index in [9.17, 15) is 9.59 Å². The lowest BCUT2D eigenvalue weighted by molar-refractivity contribution is -0.129. The highest BCUT2D eigenvalue weighted by molar-refractivity contribution is 7.99. The van der Waals surface area contributed by atoms with Crippen molar-refractivity contribution in [1.29, 1.82) is 0 Å². The predicted octanol–water partition coefficient (Wildman–Crippen LogP) is 3.09. The van der Waals surface area contributed by atoms with Crippen LogP contribution in [0, 0.1) is 0 Å². The third kappa shape index (κ3) is 5.14. The van der Waals surface area contributed by atoms with Crippen LogP contribution in [0.2, 0.25) is 0 Å². The van der Waals surface area contributed by atoms with Gasteiger partial charge >= 0.3 is 0 Å². The number of aromatic amines is 1. The van der Waals surface area contributed by atoms with Gasteiger partial charge in [-0.05, 0) is 29.7 Å². The number of thioether (sulfide) groups is 2. The second-order valence-electron chi connectivity index (χ2n) is 6.22. The van der Waals surface area contributed by atoms with Crippen LogP contribution in [-0.4, -0.2) is 38.8 Å². The van der Waals surface area contributed by atoms with E-state index in [0.29, 0.717) is 11.7 Å². The third-order valence-electron chi connectivity index (χ3n) is 4.19. The van der Waals surface area contributed by atoms with Gasteiger partial charge < -0.3 is 9.88 Å². The Balaban J connectivity index is 1.57. The zero-order valence-corrected chi connectivity index (χ0v) is 16.5. The van der Waals surface area contributed by atoms with Crippen LogP contribution < -0.4 is 5.56 Å². The highest BCUT2D eigenvalue weighted by atomic mass is 32.2. The number of nitrogens with zero attached hydrogens (tertiary/aromatic N) is 2. The van der Waals surface area contributed by atoms with Crippen LogP contribution in [0.1, 0.15) is 30.2 Å². The SMILES string of the molecule is CCCSCc1cc(=O)[nH]c(SCC(=O)N2CCc3ccccc3C2)n1. The van der Waals surface area contributed by atoms with Gasteiger partial charge in [0, 0.05) is 24.9 Å². The monoisotopic (exact) mass is 389 g/mol. The zero-order chi connectivity index (χ0) is 18.4. The molecule has 0 saturated carbocycles. The van der Waals surface area contributed by atoms with Gasteiger partial charge in [0.05, 0.1) is 11.4 Å². The number of hydrogen-bond donors (Lipinski definition) is 1. The molecular formula is C19H23N3O2S2. The molecule has 3 rings (SSSR count). The van der Waals surface area contributed by atoms with Crippen molar-refractivity contribution in [2.24, 2.45) is 0 Å². The van der Waals surface area contributed by atoms with Crippen LogP contribution in [0.3, 0.4) is 0 Å². The molecule has 1 aliphatic rings. The Kier molecular flexibility index (Phi) is 6.80. The van der Waals surface area contributed by atoms with E-state index < -0.39 is 0 Å². The standard InChI is InChI=1S/C19H23N3O2S2/c1-2-9-25-12-16-10-17(23)21-19(20-16)26-13-18(24)22-8-7-14-5-3-4-6-15(14)11-22/h3-6,10H,2,7-9,11-13H2,1H3,(H,20,21,23). The molecule has 0 fully saturated rings. The van der Waals surface area contributed by atoms with E-state index in [4.69, 9.17) is 0 Å². The van der Waals surface area contributed by atoms with E-state index in [1.54, 1.807) is 11.8 Å². The Morgan fingerprint density at radius 1 is 1.31 bits per heavy atom. The molecule has 0 saturated heterocycles. The number of amides is 1. The Labute approximate surface area is 162 Å². The minimum Gasteiger partial charge on any atom is -0.337 e. The first-order valence-corrected chi connectivity index (χ1v) is 10.9. The van der Waals surface area contributed by atoms with Gasteiger partial charge in [-0.25, -0.2) is 4.98 Å². The van der Waals surface area contributed by atoms with E-state index in [1.807, 2.05) is 17.0 Å². The highest BCUT2D eigenvalue weighted by Crippen LogP contribution is 2.20. The van der Waals surface area contributed by atoms with E-state index in [1.165, 1.54) is 29.0 Å². The lowest BCUT2D eigenvalue weighted by atomic mass is 10.00. The average molecular weight is 390 g/mol. The molecule has 0 aliphatic carbocycles. The van der Waals surface area contributed by atoms with Crippen molar-refractivity contribution in [3.8, 4) is 0 Å². The fraction of sp³-hybridized carbons (Fsp3) is 0.421. The third-order valence-corrected chi connectivity index (χ3v) is 6.24. The number of hydrogen-bond acceptors (Lipinski definition) is 5. The predicted molar refractivity (Wildman–Crippen MR) is 108 cm³/mol. The first kappa shape index (κ1) is 19.0. The second kappa shape index (κ2) is 9.28. The molecule has 0 unspecified atom stereocenters. The molecule has 2 aromatic rings. The molecule has 0 spiro atoms. The molecule has 0 bridgehead atoms. The van der Waals surface area contributed by atoms with Crippen molar-refractivity contribution in [1.82, 2.24) is 14.9 Å². The van der Waals surface area contributed by atoms with Crippen molar-refractivity contribution in [3.63, 3.8) is 0 Å². The summed E-state index contributed by atoms with van der Waals surface area (Å²) < 4.78 is 0. The fourth-order valence-electron chi connectivity index (χ4n) is 2.88. The summed E-state index contributed by atoms with van der Waals surface area (Å²) in [5.41, 5.74) is 3.16. The van der Waals surface area contributed by atoms with Crippen molar-refractivity contribution in [2.75, 3.05) is 18.1 Å². The quantitative estimate of drug-likeness (QED) is 0.448. The summed E-state index contributed by atoms with van der Waals surface area (Å²) in [6.45, 7) is 3.53. The Morgan fingerprint density at radius 2 is 2.12 bits per heavy atom. The number of rotatable bonds is 7. The van der Waals surface area contributed by atoms with Crippen LogP contribution in [0.4, 0.5) is 0 Å². The van der Waals surface area contributed by atoms with Crippen molar-refractivity contribution in [2.45, 2.75) is 37.2 Å². The van der Waals surface area contributed by atoms with Gasteiger partial charge in [-0.15, -0.1) is 0 Å². The summed E-state index contributed by atoms with van der Waals surface area (Å²) in [7, 11) is 0. The fourth-order valence-corrected chi connectivity index (χ4v) is 4.46. The minimum atomic E-state index is -0.158. The number of H-pyrrole nitrogens is 1. The topological polar surface area (TPSA) is 66.1 Å². The molecule has 0 atom stereocenters. The number of carbonyl (C=O) groups excluding carboxylic acids is 1. The van der Waals surface area contributed by atoms with Gasteiger partial charge in [-0.1, -0.05) is 43.0 Å². The normalized spacial score (nSPS) is 13.5. The number of fused-ring (bicyclic) bond motifs is 1. The summed E-state index contributed by atoms with van der Waals surface area (Å²) in [6, 6.07) is 9.80. The van der Waals surface area contributed by atoms with Crippen LogP contribution >= 0.6 is 23.5 Å². The summed E-state index contributed by atoms with van der Waals surface area (Å²) in [5, 5.41) is 0.523. The van der Waals surface area contributed by atoms with Gasteiger partial charge in [-0.2, -0.15) is 11.8 Å². The molecule has 1 aliphatic heterocycles. The van der Waals surface area contributed by atoms with E-state index >= 15 is 0 Å². The molecule has 1 aromatic carbocycles. The van der Waals surface area contributed by atoms with Gasteiger partial charge in [0.15, 0.2) is 5.16 Å². The Morgan fingerprint density at radius 3 is 2.92 bits per heavy atom. The van der Waals surface area contributed by atoms with Crippen molar-refractivity contribution in [3.05, 3.63) is 57.5 Å². The maximum absolute atomic E-state index is 12.5. The largest absolute Gasteiger partial charge is 0.337 e. The lowest BCUT2D eigenvalue weighted by Gasteiger charge is -2.28. The van der Waals surface area contributed by atoms with Crippen LogP contribution in [0.25, 0.3) is 0 Å². The molecule has 1 N–H and O–H groups in total. The molecule has 26 heavy (non-hydrogen) atoms. The Bertz CT molecular complexity index is 822. The first-order valence-electron chi connectivity index (χ1n) is 8.81. The van der Waals surface area contributed by atoms with Crippen LogP contribution in [0.15, 0.2) is 40.3 Å². The molecule has 1 amide bonds. The number of aromatic nitrogens is 2. The average Bonchev–Trinajstić information content (AvgIpc) is 2.65. The molecule has 138 valence electrons. The summed E-state index contributed by atoms with van der Waals surface area (Å²) in [6.07, 6.45) is 1.99. The molecule has 5 nitrogen and oxygen atoms in total. The van der Waals surface area contributed by atoms with E-state index in [-0.39, 0.29) is 17.2 Å². The van der Waals surface area contributed by atoms with E-state index in [2.05, 4.69) is 29.0 Å². The summed E-state index contributed by atoms with van der Waals surface area (Å²) in [5.74, 6) is 2.14. The maximum atomic E-state index is 12.5. The lowest BCUT2D eigenvalue weighted by Crippen LogP contribution is -2.37. The van der Waals surface area contributed by atoms with Crippen LogP contribution in [-0.2, 0) is 23.5 Å². The molecular weight excluding hydrogens is 366 g/mol. The minimum absolute atomic E-state index is 0.0814. The number of carbonyl (C=O) groups is 1. The molecule has 0 radical (unpaired) electrons. The smallest absolute Gasteiger partial charge is 0.251 e. The molecule has 1 aromatic heterocycles. The summed E-state index contributed by atoms with van der Waals surface area (Å²) in [4.78, 5) is 33.4. The molecule has 7 heteroatoms. The van der Waals surface area contributed by atoms with Gasteiger partial charge in [-0.3, -0.25) is 9.59 Å². The Hall–Kier alpha value is -1.73. The van der Waals surface area contributed by atoms with Crippen molar-refractivity contribution >= 4 is 29.4 Å². The van der Waals surface area contributed by atoms with Gasteiger partial charge in [0.1, 0.15) is 0 Å². The number of nitrogens with one attached hydrogen (secondary N) is 1. The summed E-state index contributed by atoms with van der Waals surface area (Å²) >= 11 is 3.07. The van der Waals surface area contributed by atoms with Crippen LogP contribution in [0.5, 0.6) is 0 Å². The van der Waals surface area contributed by atoms with Crippen molar-refractivity contribution < 1.29 is 4.79 Å². The van der Waals surface area contributed by atoms with E-state index in [0.717, 1.165) is 36.6 Å². The highest BCUT2D eigenvalue weighted by Gasteiger charge is 2.20. The number of benzene rings is 1.